The Bertz CT molecular complexity index is 2050. The first-order valence-corrected chi connectivity index (χ1v) is 18.4. The molecule has 2 unspecified atom stereocenters. The van der Waals surface area contributed by atoms with Gasteiger partial charge >= 0.3 is 0 Å². The van der Waals surface area contributed by atoms with Gasteiger partial charge in [-0.15, -0.1) is 4.40 Å². The van der Waals surface area contributed by atoms with Crippen LogP contribution in [0.15, 0.2) is 81.6 Å². The molecule has 0 saturated carbocycles. The molecule has 2 aliphatic rings. The van der Waals surface area contributed by atoms with Crippen LogP contribution in [0.2, 0.25) is 0 Å². The van der Waals surface area contributed by atoms with Gasteiger partial charge in [-0.3, -0.25) is 23.9 Å². The second-order valence-corrected chi connectivity index (χ2v) is 16.6. The van der Waals surface area contributed by atoms with Crippen molar-refractivity contribution in [2.45, 2.75) is 57.0 Å². The van der Waals surface area contributed by atoms with Crippen LogP contribution in [0.4, 0.5) is 11.4 Å². The number of carbonyl (C=O) groups is 1. The van der Waals surface area contributed by atoms with Gasteiger partial charge in [-0.05, 0) is 61.1 Å². The van der Waals surface area contributed by atoms with Crippen molar-refractivity contribution in [3.8, 4) is 0 Å². The zero-order valence-corrected chi connectivity index (χ0v) is 28.3. The van der Waals surface area contributed by atoms with Crippen LogP contribution in [0.3, 0.4) is 0 Å². The highest BCUT2D eigenvalue weighted by Gasteiger charge is 2.51. The number of H-pyrrole nitrogens is 1. The number of aromatic amines is 1. The number of hydrogen-bond acceptors (Lipinski definition) is 10. The van der Waals surface area contributed by atoms with Crippen molar-refractivity contribution in [1.82, 2.24) is 15.3 Å². The number of nitrogens with zero attached hydrogens (tertiary/aromatic N) is 2. The highest BCUT2D eigenvalue weighted by Crippen LogP contribution is 2.57. The summed E-state index contributed by atoms with van der Waals surface area (Å²) in [7, 11) is -7.58. The molecule has 0 fully saturated rings. The van der Waals surface area contributed by atoms with Crippen LogP contribution in [0.5, 0.6) is 0 Å². The van der Waals surface area contributed by atoms with Gasteiger partial charge in [-0.1, -0.05) is 67.9 Å². The Kier molecular flexibility index (Phi) is 8.00. The van der Waals surface area contributed by atoms with Gasteiger partial charge in [0.25, 0.3) is 0 Å². The molecule has 3 aromatic carbocycles. The van der Waals surface area contributed by atoms with Crippen LogP contribution in [-0.4, -0.2) is 50.5 Å². The number of Topliss-reactive ketones (excluding diaryl/α,β-unsaturated/α-hetero) is 1. The highest BCUT2D eigenvalue weighted by atomic mass is 32.3. The number of sulfonamides is 1. The summed E-state index contributed by atoms with van der Waals surface area (Å²) in [5.74, 6) is -0.435. The number of nitrogens with one attached hydrogen (secondary N) is 4. The van der Waals surface area contributed by atoms with Crippen molar-refractivity contribution in [3.05, 3.63) is 89.3 Å². The number of imidazole rings is 1. The second kappa shape index (κ2) is 11.5. The molecule has 2 heterocycles. The molecule has 0 spiro atoms. The summed E-state index contributed by atoms with van der Waals surface area (Å²) < 4.78 is 52.5. The maximum atomic E-state index is 15.0. The molecule has 1 aliphatic carbocycles. The van der Waals surface area contributed by atoms with Crippen molar-refractivity contribution in [3.63, 3.8) is 0 Å². The number of ketones is 1. The molecule has 0 radical (unpaired) electrons. The molecule has 6 rings (SSSR count). The summed E-state index contributed by atoms with van der Waals surface area (Å²) in [5, 5.41) is 18.3. The molecule has 7 N–H and O–H groups in total. The maximum Gasteiger partial charge on any atom is 0.229 e. The molecule has 0 bridgehead atoms. The van der Waals surface area contributed by atoms with Crippen LogP contribution in [0.25, 0.3) is 16.8 Å². The lowest BCUT2D eigenvalue weighted by Gasteiger charge is -2.43. The van der Waals surface area contributed by atoms with Crippen LogP contribution in [0.1, 0.15) is 63.5 Å². The van der Waals surface area contributed by atoms with E-state index in [0.29, 0.717) is 29.8 Å². The lowest BCUT2D eigenvalue weighted by atomic mass is 9.69. The number of aromatic nitrogens is 2. The Morgan fingerprint density at radius 3 is 2.45 bits per heavy atom. The molecular formula is C33H38N6O6S2. The number of hydrogen-bond donors (Lipinski definition) is 7. The summed E-state index contributed by atoms with van der Waals surface area (Å²) in [6.07, 6.45) is 1.94. The molecule has 248 valence electrons. The standard InChI is InChI=1S/C33H38N6O6S2/c1-19(30-34-23-12-8-9-13-24(23)35-30)37-33(17-16-32(2,3)4)22-11-7-6-10-21(22)28(40)27(29(33)41)31-36-25-15-14-20(38-46(5,42)43)18-26(25)47(44,45)39-31/h6-15,18-19,37-38,40,44-45H,16-17H2,1-5H3,(H,34,35)(H,36,39). The van der Waals surface area contributed by atoms with Gasteiger partial charge < -0.3 is 15.4 Å². The van der Waals surface area contributed by atoms with E-state index in [2.05, 4.69) is 45.5 Å². The summed E-state index contributed by atoms with van der Waals surface area (Å²) >= 11 is 0. The van der Waals surface area contributed by atoms with Crippen LogP contribution in [-0.2, 0) is 20.4 Å². The normalized spacial score (nSPS) is 20.6. The van der Waals surface area contributed by atoms with Crippen LogP contribution < -0.4 is 15.4 Å². The molecule has 14 heteroatoms. The van der Waals surface area contributed by atoms with E-state index in [1.807, 2.05) is 43.3 Å². The molecule has 47 heavy (non-hydrogen) atoms. The fourth-order valence-corrected chi connectivity index (χ4v) is 7.81. The smallest absolute Gasteiger partial charge is 0.229 e. The topological polar surface area (TPSA) is 189 Å². The molecule has 4 aromatic rings. The van der Waals surface area contributed by atoms with Gasteiger partial charge in [0.1, 0.15) is 27.6 Å². The third-order valence-corrected chi connectivity index (χ3v) is 10.3. The minimum atomic E-state index is -3.94. The Labute approximate surface area is 275 Å². The zero-order chi connectivity index (χ0) is 33.9. The Morgan fingerprint density at radius 2 is 1.74 bits per heavy atom. The summed E-state index contributed by atoms with van der Waals surface area (Å²) in [6, 6.07) is 18.5. The Hall–Kier alpha value is -4.21. The predicted octanol–water partition coefficient (Wildman–Crippen LogP) is 6.71. The largest absolute Gasteiger partial charge is 0.506 e. The Morgan fingerprint density at radius 1 is 1.04 bits per heavy atom. The fraction of sp³-hybridized carbons (Fsp3) is 0.303. The van der Waals surface area contributed by atoms with Crippen molar-refractivity contribution in [1.29, 1.82) is 0 Å². The lowest BCUT2D eigenvalue weighted by molar-refractivity contribution is -0.122. The minimum Gasteiger partial charge on any atom is -0.506 e. The zero-order valence-electron chi connectivity index (χ0n) is 26.6. The number of aliphatic hydroxyl groups is 1. The number of anilines is 2. The van der Waals surface area contributed by atoms with Gasteiger partial charge in [0.2, 0.25) is 10.0 Å². The molecule has 0 amide bonds. The van der Waals surface area contributed by atoms with Crippen molar-refractivity contribution >= 4 is 60.6 Å². The van der Waals surface area contributed by atoms with E-state index < -0.39 is 38.2 Å². The monoisotopic (exact) mass is 678 g/mol. The lowest BCUT2D eigenvalue weighted by Crippen LogP contribution is -2.54. The van der Waals surface area contributed by atoms with Gasteiger partial charge in [0.15, 0.2) is 11.6 Å². The molecule has 2 atom stereocenters. The summed E-state index contributed by atoms with van der Waals surface area (Å²) in [6.45, 7) is 8.17. The summed E-state index contributed by atoms with van der Waals surface area (Å²) in [5.41, 5.74) is 1.19. The predicted molar refractivity (Wildman–Crippen MR) is 186 cm³/mol. The molecular weight excluding hydrogens is 641 g/mol. The first-order chi connectivity index (χ1) is 22.0. The van der Waals surface area contributed by atoms with E-state index in [1.165, 1.54) is 18.2 Å². The van der Waals surface area contributed by atoms with Crippen LogP contribution in [0, 0.1) is 5.41 Å². The summed E-state index contributed by atoms with van der Waals surface area (Å²) in [4.78, 5) is 23.1. The Balaban J connectivity index is 1.48. The molecule has 1 aromatic heterocycles. The first-order valence-electron chi connectivity index (χ1n) is 15.1. The van der Waals surface area contributed by atoms with E-state index >= 15 is 4.79 Å². The third kappa shape index (κ3) is 6.26. The highest BCUT2D eigenvalue weighted by molar-refractivity contribution is 8.23. The maximum absolute atomic E-state index is 15.0. The number of aliphatic hydroxyl groups excluding tert-OH is 1. The number of fused-ring (bicyclic) bond motifs is 3. The van der Waals surface area contributed by atoms with Crippen LogP contribution >= 0.6 is 10.8 Å². The minimum absolute atomic E-state index is 0.0609. The first kappa shape index (κ1) is 32.7. The van der Waals surface area contributed by atoms with Crippen molar-refractivity contribution in [2.24, 2.45) is 9.81 Å². The number of amidine groups is 1. The van der Waals surface area contributed by atoms with Gasteiger partial charge in [0, 0.05) is 5.56 Å². The third-order valence-electron chi connectivity index (χ3n) is 8.31. The van der Waals surface area contributed by atoms with Crippen molar-refractivity contribution in [2.75, 3.05) is 16.3 Å². The van der Waals surface area contributed by atoms with E-state index in [1.54, 1.807) is 12.1 Å². The second-order valence-electron chi connectivity index (χ2n) is 13.2. The SMILES string of the molecule is CC(NC1(CCC(C)(C)C)C(=O)C(C2=NS(O)(O)c3cc(NS(C)(=O)=O)ccc3N2)=C(O)c2ccccc21)c1nc2ccccc2[nH]1. The van der Waals surface area contributed by atoms with Crippen molar-refractivity contribution < 1.29 is 27.4 Å². The number of para-hydroxylation sites is 2. The van der Waals surface area contributed by atoms with Gasteiger partial charge in [-0.25, -0.2) is 13.4 Å². The average molecular weight is 679 g/mol. The van der Waals surface area contributed by atoms with E-state index in [9.17, 15) is 22.6 Å². The molecule has 12 nitrogen and oxygen atoms in total. The number of rotatable bonds is 8. The average Bonchev–Trinajstić information content (AvgIpc) is 3.42. The molecule has 1 aliphatic heterocycles. The fourth-order valence-electron chi connectivity index (χ4n) is 6.07. The van der Waals surface area contributed by atoms with Gasteiger partial charge in [-0.2, -0.15) is 0 Å². The van der Waals surface area contributed by atoms with E-state index in [0.717, 1.165) is 17.3 Å². The van der Waals surface area contributed by atoms with Gasteiger partial charge in [0.05, 0.1) is 34.7 Å². The molecule has 0 saturated heterocycles. The van der Waals surface area contributed by atoms with E-state index in [-0.39, 0.29) is 38.9 Å². The number of carbonyl (C=O) groups excluding carboxylic acids is 1. The number of benzene rings is 3. The quantitative estimate of drug-likeness (QED) is 0.106. The van der Waals surface area contributed by atoms with E-state index in [4.69, 9.17) is 4.98 Å².